The van der Waals surface area contributed by atoms with Gasteiger partial charge in [0.25, 0.3) is 5.91 Å². The van der Waals surface area contributed by atoms with Crippen molar-refractivity contribution < 1.29 is 17.9 Å². The third-order valence-corrected chi connectivity index (χ3v) is 9.24. The summed E-state index contributed by atoms with van der Waals surface area (Å²) in [5.74, 6) is 0.529. The Bertz CT molecular complexity index is 1150. The van der Waals surface area contributed by atoms with Crippen LogP contribution in [0.3, 0.4) is 0 Å². The quantitative estimate of drug-likeness (QED) is 0.674. The minimum atomic E-state index is -3.66. The van der Waals surface area contributed by atoms with Crippen molar-refractivity contribution in [2.24, 2.45) is 0 Å². The van der Waals surface area contributed by atoms with Crippen LogP contribution in [0.1, 0.15) is 60.6 Å². The zero-order valence-electron chi connectivity index (χ0n) is 20.5. The molecule has 1 atom stereocenters. The lowest BCUT2D eigenvalue weighted by molar-refractivity contribution is 0.0227. The van der Waals surface area contributed by atoms with Crippen LogP contribution in [0.25, 0.3) is 0 Å². The zero-order valence-corrected chi connectivity index (χ0v) is 21.3. The van der Waals surface area contributed by atoms with E-state index >= 15 is 0 Å². The molecule has 0 aliphatic carbocycles. The van der Waals surface area contributed by atoms with Crippen molar-refractivity contribution in [3.63, 3.8) is 0 Å². The van der Waals surface area contributed by atoms with Crippen LogP contribution >= 0.6 is 0 Å². The highest BCUT2D eigenvalue weighted by atomic mass is 32.2. The maximum atomic E-state index is 13.5. The number of benzene rings is 2. The van der Waals surface area contributed by atoms with Crippen LogP contribution in [0.4, 0.5) is 0 Å². The number of rotatable bonds is 6. The van der Waals surface area contributed by atoms with E-state index in [1.165, 1.54) is 10.4 Å². The molecule has 8 heteroatoms. The topological polar surface area (TPSA) is 79.0 Å². The van der Waals surface area contributed by atoms with Gasteiger partial charge >= 0.3 is 0 Å². The lowest BCUT2D eigenvalue weighted by atomic mass is 9.83. The summed E-state index contributed by atoms with van der Waals surface area (Å²) in [6.07, 6.45) is 2.34. The van der Waals surface area contributed by atoms with E-state index in [0.717, 1.165) is 29.7 Å². The van der Waals surface area contributed by atoms with Crippen molar-refractivity contribution in [3.8, 4) is 5.75 Å². The van der Waals surface area contributed by atoms with E-state index in [2.05, 4.69) is 24.1 Å². The first-order valence-electron chi connectivity index (χ1n) is 12.1. The molecule has 2 aromatic carbocycles. The predicted molar refractivity (Wildman–Crippen MR) is 133 cm³/mol. The first-order valence-corrected chi connectivity index (χ1v) is 13.5. The number of carbonyl (C=O) groups excluding carboxylic acids is 1. The third kappa shape index (κ3) is 4.72. The summed E-state index contributed by atoms with van der Waals surface area (Å²) in [5, 5.41) is 3.19. The molecule has 2 aromatic rings. The summed E-state index contributed by atoms with van der Waals surface area (Å²) in [6.45, 7) is 8.32. The van der Waals surface area contributed by atoms with Gasteiger partial charge in [0.2, 0.25) is 10.0 Å². The standard InChI is InChI=1S/C26H35N3O4S/c1-5-26(6-2)18-23(21-9-7-8-10-24(21)33-26)27-25(30)22-17-20(12-11-19(22)3)34(31,32)29-15-13-28(4)14-16-29/h7-12,17,23H,5-6,13-16,18H2,1-4H3,(H,27,30). The van der Waals surface area contributed by atoms with Gasteiger partial charge in [-0.15, -0.1) is 0 Å². The van der Waals surface area contributed by atoms with E-state index in [1.54, 1.807) is 12.1 Å². The smallest absolute Gasteiger partial charge is 0.252 e. The maximum absolute atomic E-state index is 13.5. The van der Waals surface area contributed by atoms with Crippen molar-refractivity contribution in [2.45, 2.75) is 56.6 Å². The minimum absolute atomic E-state index is 0.164. The number of fused-ring (bicyclic) bond motifs is 1. The molecule has 4 rings (SSSR count). The van der Waals surface area contributed by atoms with Gasteiger partial charge in [0, 0.05) is 43.7 Å². The van der Waals surface area contributed by atoms with Gasteiger partial charge in [-0.2, -0.15) is 4.31 Å². The molecule has 1 amide bonds. The SMILES string of the molecule is CCC1(CC)CC(NC(=O)c2cc(S(=O)(=O)N3CCN(C)CC3)ccc2C)c2ccccc2O1. The van der Waals surface area contributed by atoms with E-state index in [-0.39, 0.29) is 22.4 Å². The van der Waals surface area contributed by atoms with E-state index in [4.69, 9.17) is 4.74 Å². The monoisotopic (exact) mass is 485 g/mol. The number of carbonyl (C=O) groups is 1. The van der Waals surface area contributed by atoms with E-state index in [1.807, 2.05) is 38.2 Å². The largest absolute Gasteiger partial charge is 0.487 e. The summed E-state index contributed by atoms with van der Waals surface area (Å²) >= 11 is 0. The maximum Gasteiger partial charge on any atom is 0.252 e. The van der Waals surface area contributed by atoms with Gasteiger partial charge in [-0.25, -0.2) is 8.42 Å². The summed E-state index contributed by atoms with van der Waals surface area (Å²) in [7, 11) is -1.68. The average molecular weight is 486 g/mol. The fourth-order valence-corrected chi connectivity index (χ4v) is 6.30. The number of hydrogen-bond donors (Lipinski definition) is 1. The zero-order chi connectivity index (χ0) is 24.5. The molecule has 0 bridgehead atoms. The molecular weight excluding hydrogens is 450 g/mol. The average Bonchev–Trinajstić information content (AvgIpc) is 2.84. The number of nitrogens with one attached hydrogen (secondary N) is 1. The molecule has 34 heavy (non-hydrogen) atoms. The molecular formula is C26H35N3O4S. The number of amides is 1. The minimum Gasteiger partial charge on any atom is -0.487 e. The molecule has 1 saturated heterocycles. The van der Waals surface area contributed by atoms with Crippen LogP contribution in [-0.2, 0) is 10.0 Å². The Morgan fingerprint density at radius 2 is 1.76 bits per heavy atom. The Morgan fingerprint density at radius 1 is 1.09 bits per heavy atom. The number of para-hydroxylation sites is 1. The summed E-state index contributed by atoms with van der Waals surface area (Å²) in [4.78, 5) is 15.7. The molecule has 1 unspecified atom stereocenters. The second-order valence-electron chi connectivity index (χ2n) is 9.44. The van der Waals surface area contributed by atoms with Gasteiger partial charge in [0.1, 0.15) is 11.4 Å². The Labute approximate surface area is 203 Å². The molecule has 1 fully saturated rings. The molecule has 2 aliphatic rings. The van der Waals surface area contributed by atoms with Gasteiger partial charge in [-0.1, -0.05) is 38.1 Å². The Balaban J connectivity index is 1.61. The van der Waals surface area contributed by atoms with Crippen LogP contribution in [-0.4, -0.2) is 62.4 Å². The van der Waals surface area contributed by atoms with Crippen molar-refractivity contribution >= 4 is 15.9 Å². The Morgan fingerprint density at radius 3 is 2.44 bits per heavy atom. The van der Waals surface area contributed by atoms with Crippen molar-refractivity contribution in [2.75, 3.05) is 33.2 Å². The molecule has 0 radical (unpaired) electrons. The summed E-state index contributed by atoms with van der Waals surface area (Å²) < 4.78 is 34.4. The second kappa shape index (κ2) is 9.68. The first kappa shape index (κ1) is 24.7. The number of piperazine rings is 1. The van der Waals surface area contributed by atoms with Gasteiger partial charge in [0.05, 0.1) is 10.9 Å². The van der Waals surface area contributed by atoms with Crippen molar-refractivity contribution in [3.05, 3.63) is 59.2 Å². The first-order chi connectivity index (χ1) is 16.2. The van der Waals surface area contributed by atoms with E-state index in [9.17, 15) is 13.2 Å². The van der Waals surface area contributed by atoms with Crippen molar-refractivity contribution in [1.82, 2.24) is 14.5 Å². The van der Waals surface area contributed by atoms with Crippen LogP contribution in [0.15, 0.2) is 47.4 Å². The number of ether oxygens (including phenoxy) is 1. The molecule has 0 aromatic heterocycles. The lowest BCUT2D eigenvalue weighted by Crippen LogP contribution is -2.47. The highest BCUT2D eigenvalue weighted by Gasteiger charge is 2.39. The number of likely N-dealkylation sites (N-methyl/N-ethyl adjacent to an activating group) is 1. The highest BCUT2D eigenvalue weighted by molar-refractivity contribution is 7.89. The number of hydrogen-bond acceptors (Lipinski definition) is 5. The molecule has 1 N–H and O–H groups in total. The Hall–Kier alpha value is -2.42. The molecule has 0 saturated carbocycles. The lowest BCUT2D eigenvalue weighted by Gasteiger charge is -2.41. The van der Waals surface area contributed by atoms with Gasteiger partial charge in [-0.3, -0.25) is 4.79 Å². The van der Waals surface area contributed by atoms with E-state index < -0.39 is 10.0 Å². The van der Waals surface area contributed by atoms with Crippen LogP contribution < -0.4 is 10.1 Å². The molecule has 2 heterocycles. The van der Waals surface area contributed by atoms with Crippen LogP contribution in [0, 0.1) is 6.92 Å². The molecule has 2 aliphatic heterocycles. The second-order valence-corrected chi connectivity index (χ2v) is 11.4. The van der Waals surface area contributed by atoms with Crippen molar-refractivity contribution in [1.29, 1.82) is 0 Å². The van der Waals surface area contributed by atoms with Gasteiger partial charge in [0.15, 0.2) is 0 Å². The molecule has 0 spiro atoms. The van der Waals surface area contributed by atoms with Crippen LogP contribution in [0.5, 0.6) is 5.75 Å². The number of aryl methyl sites for hydroxylation is 1. The predicted octanol–water partition coefficient (Wildman–Crippen LogP) is 3.74. The van der Waals surface area contributed by atoms with Crippen LogP contribution in [0.2, 0.25) is 0 Å². The van der Waals surface area contributed by atoms with Gasteiger partial charge < -0.3 is 15.0 Å². The number of nitrogens with zero attached hydrogens (tertiary/aromatic N) is 2. The molecule has 7 nitrogen and oxygen atoms in total. The molecule has 184 valence electrons. The summed E-state index contributed by atoms with van der Waals surface area (Å²) in [5.41, 5.74) is 1.74. The third-order valence-electron chi connectivity index (χ3n) is 7.34. The normalized spacial score (nSPS) is 20.9. The fourth-order valence-electron chi connectivity index (χ4n) is 4.85. The number of sulfonamides is 1. The summed E-state index contributed by atoms with van der Waals surface area (Å²) in [6, 6.07) is 12.4. The van der Waals surface area contributed by atoms with E-state index in [0.29, 0.717) is 38.2 Å². The van der Waals surface area contributed by atoms with Gasteiger partial charge in [-0.05, 0) is 50.6 Å². The highest BCUT2D eigenvalue weighted by Crippen LogP contribution is 2.42. The Kier molecular flexibility index (Phi) is 7.03. The fraction of sp³-hybridized carbons (Fsp3) is 0.500.